The number of nitrogens with one attached hydrogen (secondary N) is 1. The average Bonchev–Trinajstić information content (AvgIpc) is 3.14. The van der Waals surface area contributed by atoms with Crippen molar-refractivity contribution >= 4 is 0 Å². The molecule has 3 aromatic rings. The molecule has 3 heterocycles. The van der Waals surface area contributed by atoms with Gasteiger partial charge in [0.05, 0.1) is 17.7 Å². The van der Waals surface area contributed by atoms with E-state index in [0.717, 1.165) is 23.0 Å². The van der Waals surface area contributed by atoms with Gasteiger partial charge in [-0.1, -0.05) is 0 Å². The fraction of sp³-hybridized carbons (Fsp3) is 0.267. The second-order valence-electron chi connectivity index (χ2n) is 4.87. The first-order chi connectivity index (χ1) is 10.2. The summed E-state index contributed by atoms with van der Waals surface area (Å²) in [5.74, 6) is 1.72. The Morgan fingerprint density at radius 3 is 2.81 bits per heavy atom. The van der Waals surface area contributed by atoms with Crippen molar-refractivity contribution in [3.63, 3.8) is 0 Å². The average molecular weight is 283 g/mol. The lowest BCUT2D eigenvalue weighted by molar-refractivity contribution is 0.427. The molecule has 0 bridgehead atoms. The second kappa shape index (κ2) is 5.88. The molecule has 0 aliphatic rings. The van der Waals surface area contributed by atoms with E-state index in [1.165, 1.54) is 0 Å². The SMILES string of the molecule is Cc1cnc(CNC(c2ccco2)c2nccn2C)cn1. The van der Waals surface area contributed by atoms with Crippen LogP contribution in [0.25, 0.3) is 0 Å². The first-order valence-corrected chi connectivity index (χ1v) is 6.75. The molecule has 0 aliphatic carbocycles. The highest BCUT2D eigenvalue weighted by Crippen LogP contribution is 2.21. The molecule has 0 amide bonds. The zero-order valence-electron chi connectivity index (χ0n) is 12.0. The highest BCUT2D eigenvalue weighted by atomic mass is 16.3. The molecule has 1 N–H and O–H groups in total. The van der Waals surface area contributed by atoms with Crippen LogP contribution in [0.15, 0.2) is 47.6 Å². The van der Waals surface area contributed by atoms with Gasteiger partial charge in [-0.25, -0.2) is 4.98 Å². The standard InChI is InChI=1S/C15H17N5O/c1-11-8-18-12(9-17-11)10-19-14(13-4-3-7-21-13)15-16-5-6-20(15)2/h3-9,14,19H,10H2,1-2H3. The minimum atomic E-state index is -0.122. The van der Waals surface area contributed by atoms with Crippen LogP contribution in [0.2, 0.25) is 0 Å². The van der Waals surface area contributed by atoms with Crippen molar-refractivity contribution < 1.29 is 4.42 Å². The molecule has 0 fully saturated rings. The molecule has 6 nitrogen and oxygen atoms in total. The van der Waals surface area contributed by atoms with Crippen molar-refractivity contribution in [1.29, 1.82) is 0 Å². The molecule has 21 heavy (non-hydrogen) atoms. The van der Waals surface area contributed by atoms with Gasteiger partial charge in [0.1, 0.15) is 17.6 Å². The van der Waals surface area contributed by atoms with Gasteiger partial charge in [-0.2, -0.15) is 0 Å². The highest BCUT2D eigenvalue weighted by molar-refractivity contribution is 5.16. The summed E-state index contributed by atoms with van der Waals surface area (Å²) >= 11 is 0. The maximum absolute atomic E-state index is 5.53. The van der Waals surface area contributed by atoms with Crippen LogP contribution in [0.5, 0.6) is 0 Å². The van der Waals surface area contributed by atoms with E-state index >= 15 is 0 Å². The van der Waals surface area contributed by atoms with Gasteiger partial charge in [-0.3, -0.25) is 15.3 Å². The van der Waals surface area contributed by atoms with Gasteiger partial charge in [0.25, 0.3) is 0 Å². The van der Waals surface area contributed by atoms with Crippen LogP contribution in [0, 0.1) is 6.92 Å². The number of aromatic nitrogens is 4. The first-order valence-electron chi connectivity index (χ1n) is 6.75. The molecule has 3 rings (SSSR count). The number of nitrogens with zero attached hydrogens (tertiary/aromatic N) is 4. The van der Waals surface area contributed by atoms with Crippen LogP contribution in [-0.2, 0) is 13.6 Å². The largest absolute Gasteiger partial charge is 0.467 e. The molecule has 108 valence electrons. The molecule has 3 aromatic heterocycles. The summed E-state index contributed by atoms with van der Waals surface area (Å²) in [6, 6.07) is 3.69. The molecule has 0 saturated heterocycles. The lowest BCUT2D eigenvalue weighted by Gasteiger charge is -2.16. The number of hydrogen-bond acceptors (Lipinski definition) is 5. The maximum atomic E-state index is 5.53. The topological polar surface area (TPSA) is 68.8 Å². The Hall–Kier alpha value is -2.47. The number of hydrogen-bond donors (Lipinski definition) is 1. The van der Waals surface area contributed by atoms with E-state index < -0.39 is 0 Å². The van der Waals surface area contributed by atoms with Gasteiger partial charge < -0.3 is 8.98 Å². The van der Waals surface area contributed by atoms with Crippen molar-refractivity contribution in [2.24, 2.45) is 7.05 Å². The predicted molar refractivity (Wildman–Crippen MR) is 77.4 cm³/mol. The lowest BCUT2D eigenvalue weighted by Crippen LogP contribution is -2.25. The molecule has 1 atom stereocenters. The summed E-state index contributed by atoms with van der Waals surface area (Å²) in [4.78, 5) is 13.0. The number of furan rings is 1. The summed E-state index contributed by atoms with van der Waals surface area (Å²) < 4.78 is 7.50. The quantitative estimate of drug-likeness (QED) is 0.775. The normalized spacial score (nSPS) is 12.5. The van der Waals surface area contributed by atoms with Crippen molar-refractivity contribution in [2.75, 3.05) is 0 Å². The summed E-state index contributed by atoms with van der Waals surface area (Å²) in [6.45, 7) is 2.51. The summed E-state index contributed by atoms with van der Waals surface area (Å²) in [7, 11) is 1.96. The third-order valence-electron chi connectivity index (χ3n) is 3.27. The van der Waals surface area contributed by atoms with E-state index in [0.29, 0.717) is 6.54 Å². The molecule has 0 saturated carbocycles. The summed E-state index contributed by atoms with van der Waals surface area (Å²) in [5, 5.41) is 3.42. The molecule has 1 unspecified atom stereocenters. The van der Waals surface area contributed by atoms with Gasteiger partial charge >= 0.3 is 0 Å². The summed E-state index contributed by atoms with van der Waals surface area (Å²) in [5.41, 5.74) is 1.79. The fourth-order valence-electron chi connectivity index (χ4n) is 2.15. The second-order valence-corrected chi connectivity index (χ2v) is 4.87. The predicted octanol–water partition coefficient (Wildman–Crippen LogP) is 1.99. The van der Waals surface area contributed by atoms with Crippen molar-refractivity contribution in [3.8, 4) is 0 Å². The van der Waals surface area contributed by atoms with Gasteiger partial charge in [0.2, 0.25) is 0 Å². The number of rotatable bonds is 5. The monoisotopic (exact) mass is 283 g/mol. The van der Waals surface area contributed by atoms with Crippen molar-refractivity contribution in [3.05, 3.63) is 66.2 Å². The summed E-state index contributed by atoms with van der Waals surface area (Å²) in [6.07, 6.45) is 8.90. The Labute approximate surface area is 122 Å². The molecule has 6 heteroatoms. The van der Waals surface area contributed by atoms with E-state index in [1.54, 1.807) is 24.9 Å². The van der Waals surface area contributed by atoms with E-state index in [-0.39, 0.29) is 6.04 Å². The van der Waals surface area contributed by atoms with Gasteiger partial charge in [0, 0.05) is 38.4 Å². The smallest absolute Gasteiger partial charge is 0.133 e. The highest BCUT2D eigenvalue weighted by Gasteiger charge is 2.20. The Kier molecular flexibility index (Phi) is 3.79. The minimum Gasteiger partial charge on any atom is -0.467 e. The van der Waals surface area contributed by atoms with Gasteiger partial charge in [-0.05, 0) is 19.1 Å². The van der Waals surface area contributed by atoms with E-state index in [2.05, 4.69) is 20.3 Å². The minimum absolute atomic E-state index is 0.122. The van der Waals surface area contributed by atoms with Crippen LogP contribution in [0.1, 0.15) is 29.0 Å². The zero-order valence-corrected chi connectivity index (χ0v) is 12.0. The van der Waals surface area contributed by atoms with Crippen LogP contribution in [0.3, 0.4) is 0 Å². The van der Waals surface area contributed by atoms with Crippen molar-refractivity contribution in [1.82, 2.24) is 24.8 Å². The fourth-order valence-corrected chi connectivity index (χ4v) is 2.15. The molecule has 0 aliphatic heterocycles. The zero-order chi connectivity index (χ0) is 14.7. The Bertz CT molecular complexity index is 687. The number of aryl methyl sites for hydroxylation is 2. The Morgan fingerprint density at radius 2 is 2.19 bits per heavy atom. The maximum Gasteiger partial charge on any atom is 0.133 e. The molecule has 0 spiro atoms. The van der Waals surface area contributed by atoms with Gasteiger partial charge in [0.15, 0.2) is 0 Å². The third-order valence-corrected chi connectivity index (χ3v) is 3.27. The van der Waals surface area contributed by atoms with E-state index in [9.17, 15) is 0 Å². The van der Waals surface area contributed by atoms with Crippen LogP contribution >= 0.6 is 0 Å². The van der Waals surface area contributed by atoms with E-state index in [4.69, 9.17) is 4.42 Å². The first kappa shape index (κ1) is 13.5. The molecular weight excluding hydrogens is 266 g/mol. The Balaban J connectivity index is 1.80. The van der Waals surface area contributed by atoms with E-state index in [1.807, 2.05) is 36.9 Å². The molecule has 0 radical (unpaired) electrons. The van der Waals surface area contributed by atoms with Crippen molar-refractivity contribution in [2.45, 2.75) is 19.5 Å². The van der Waals surface area contributed by atoms with Crippen LogP contribution < -0.4 is 5.32 Å². The molecule has 0 aromatic carbocycles. The van der Waals surface area contributed by atoms with Crippen LogP contribution in [-0.4, -0.2) is 19.5 Å². The number of imidazole rings is 1. The molecular formula is C15H17N5O. The third kappa shape index (κ3) is 3.00. The lowest BCUT2D eigenvalue weighted by atomic mass is 10.2. The van der Waals surface area contributed by atoms with Crippen LogP contribution in [0.4, 0.5) is 0 Å². The van der Waals surface area contributed by atoms with Gasteiger partial charge in [-0.15, -0.1) is 0 Å². The Morgan fingerprint density at radius 1 is 1.29 bits per heavy atom.